The number of halogens is 2. The molecule has 0 saturated heterocycles. The number of rotatable bonds is 2. The molecule has 0 atom stereocenters. The largest absolute Gasteiger partial charge is 0.503 e. The first-order valence-electron chi connectivity index (χ1n) is 2.38. The van der Waals surface area contributed by atoms with E-state index < -0.39 is 5.97 Å². The monoisotopic (exact) mass is 809 g/mol. The Bertz CT molecular complexity index is 84.9. The predicted octanol–water partition coefficient (Wildman–Crippen LogP) is 2.84. The van der Waals surface area contributed by atoms with Crippen LogP contribution in [0.3, 0.4) is 0 Å². The minimum atomic E-state index is -0.789. The summed E-state index contributed by atoms with van der Waals surface area (Å²) in [5.41, 5.74) is 0. The van der Waals surface area contributed by atoms with E-state index in [1.54, 1.807) is 6.92 Å². The molecule has 1 N–H and O–H groups in total. The average Bonchev–Trinajstić information content (AvgIpc) is 1.91. The van der Waals surface area contributed by atoms with Crippen LogP contribution in [0.4, 0.5) is 0 Å². The van der Waals surface area contributed by atoms with E-state index in [-0.39, 0.29) is 20.4 Å². The van der Waals surface area contributed by atoms with Gasteiger partial charge in [-0.2, -0.15) is 13.3 Å². The van der Waals surface area contributed by atoms with Crippen molar-refractivity contribution in [2.24, 2.45) is 0 Å². The van der Waals surface area contributed by atoms with Crippen LogP contribution in [0.25, 0.3) is 0 Å². The standard InChI is InChI=1S/C5H9O2.I2.Re.Rf/c1-3-4(2)5(6)7;1-2;;/h3H2,1-2H3,(H,6,7);;;/q-1;;;. The first kappa shape index (κ1) is 22.5. The van der Waals surface area contributed by atoms with Crippen molar-refractivity contribution in [3.63, 3.8) is 0 Å². The van der Waals surface area contributed by atoms with Crippen LogP contribution in [0.2, 0.25) is 0 Å². The maximum absolute atomic E-state index is 9.89. The Morgan fingerprint density at radius 2 is 1.82 bits per heavy atom. The van der Waals surface area contributed by atoms with Gasteiger partial charge < -0.3 is 5.11 Å². The molecule has 0 aliphatic heterocycles. The van der Waals surface area contributed by atoms with Crippen LogP contribution < -0.4 is 0 Å². The van der Waals surface area contributed by atoms with Crippen LogP contribution in [-0.4, -0.2) is 11.1 Å². The molecule has 0 spiro atoms. The van der Waals surface area contributed by atoms with Crippen LogP contribution in [0, 0.1) is 5.92 Å². The predicted molar refractivity (Wildman–Crippen MR) is 54.9 cm³/mol. The van der Waals surface area contributed by atoms with Crippen molar-refractivity contribution in [1.82, 2.24) is 0 Å². The molecule has 0 amide bonds. The van der Waals surface area contributed by atoms with Gasteiger partial charge in [-0.3, -0.25) is 10.7 Å². The third-order valence-electron chi connectivity index (χ3n) is 0.895. The fourth-order valence-corrected chi connectivity index (χ4v) is 0.151. The van der Waals surface area contributed by atoms with Crippen LogP contribution in [-0.2, 0) is 25.2 Å². The van der Waals surface area contributed by atoms with E-state index in [2.05, 4.69) is 37.2 Å². The molecule has 2 nitrogen and oxygen atoms in total. The quantitative estimate of drug-likeness (QED) is 0.345. The Balaban J connectivity index is -0.0000000564. The molecular formula is C5H9I2O2ReRf-. The van der Waals surface area contributed by atoms with E-state index in [4.69, 9.17) is 5.11 Å². The molecule has 0 aromatic heterocycles. The van der Waals surface area contributed by atoms with Crippen LogP contribution in [0.1, 0.15) is 20.3 Å². The fourth-order valence-electron chi connectivity index (χ4n) is 0.151. The minimum absolute atomic E-state index is 0. The van der Waals surface area contributed by atoms with Crippen LogP contribution >= 0.6 is 37.2 Å². The summed E-state index contributed by atoms with van der Waals surface area (Å²) in [6, 6.07) is 0. The summed E-state index contributed by atoms with van der Waals surface area (Å²) >= 11 is 4.24. The first-order valence-corrected chi connectivity index (χ1v) is 8.67. The molecule has 0 unspecified atom stereocenters. The SMILES string of the molecule is CC[C-](C)C(=O)O.II.[Re].[Rf]. The van der Waals surface area contributed by atoms with E-state index >= 15 is 0 Å². The molecule has 0 fully saturated rings. The van der Waals surface area contributed by atoms with Gasteiger partial charge in [-0.15, -0.1) is 0 Å². The van der Waals surface area contributed by atoms with E-state index in [0.29, 0.717) is 12.3 Å². The zero-order chi connectivity index (χ0) is 7.86. The maximum Gasteiger partial charge on any atom is 0.166 e. The van der Waals surface area contributed by atoms with Crippen molar-refractivity contribution >= 4 is 43.2 Å². The van der Waals surface area contributed by atoms with Crippen molar-refractivity contribution in [3.05, 3.63) is 5.92 Å². The first-order chi connectivity index (χ1) is 4.18. The molecule has 0 heterocycles. The summed E-state index contributed by atoms with van der Waals surface area (Å²) in [4.78, 5) is 9.89. The minimum Gasteiger partial charge on any atom is -0.503 e. The Hall–Kier alpha value is 0.462. The van der Waals surface area contributed by atoms with Gasteiger partial charge in [-0.05, 0) is 0 Å². The van der Waals surface area contributed by atoms with Gasteiger partial charge in [0.05, 0.1) is 0 Å². The van der Waals surface area contributed by atoms with Crippen molar-refractivity contribution in [2.45, 2.75) is 20.3 Å². The smallest absolute Gasteiger partial charge is 0.166 e. The molecular weight excluding hydrogens is 799 g/mol. The normalized spacial score (nSPS) is 5.82. The molecule has 0 aromatic rings. The number of hydrogen-bond acceptors (Lipinski definition) is 1. The molecule has 0 bridgehead atoms. The summed E-state index contributed by atoms with van der Waals surface area (Å²) in [6.45, 7) is 3.44. The van der Waals surface area contributed by atoms with E-state index in [1.807, 2.05) is 6.92 Å². The third-order valence-corrected chi connectivity index (χ3v) is 0.895. The fraction of sp³-hybridized carbons (Fsp3) is 0.600. The van der Waals surface area contributed by atoms with Crippen molar-refractivity contribution < 1.29 is 30.3 Å². The Morgan fingerprint density at radius 3 is 1.82 bits per heavy atom. The molecule has 65 valence electrons. The molecule has 6 heteroatoms. The molecule has 0 aromatic carbocycles. The summed E-state index contributed by atoms with van der Waals surface area (Å²) in [5, 5.41) is 8.14. The maximum atomic E-state index is 9.89. The van der Waals surface area contributed by atoms with Gasteiger partial charge in [-0.25, -0.2) is 0 Å². The third kappa shape index (κ3) is 17.9. The molecule has 0 aliphatic carbocycles. The molecule has 0 aliphatic rings. The zero-order valence-electron chi connectivity index (χ0n) is 6.40. The van der Waals surface area contributed by atoms with Gasteiger partial charge in [0, 0.05) is 57.7 Å². The van der Waals surface area contributed by atoms with E-state index in [1.165, 1.54) is 0 Å². The summed E-state index contributed by atoms with van der Waals surface area (Å²) in [6.07, 6.45) is 0.634. The Kier molecular flexibility index (Phi) is 34.5. The number of carboxylic acids is 1. The van der Waals surface area contributed by atoms with Gasteiger partial charge in [0.25, 0.3) is 0 Å². The summed E-state index contributed by atoms with van der Waals surface area (Å²) in [5.74, 6) is -0.275. The van der Waals surface area contributed by atoms with Gasteiger partial charge in [0.2, 0.25) is 0 Å². The topological polar surface area (TPSA) is 37.3 Å². The van der Waals surface area contributed by atoms with E-state index in [0.717, 1.165) is 0 Å². The van der Waals surface area contributed by atoms with Gasteiger partial charge in [0.15, 0.2) is 5.97 Å². The van der Waals surface area contributed by atoms with Crippen molar-refractivity contribution in [3.8, 4) is 0 Å². The van der Waals surface area contributed by atoms with Gasteiger partial charge in [0.1, 0.15) is 0 Å². The second-order valence-electron chi connectivity index (χ2n) is 1.44. The van der Waals surface area contributed by atoms with E-state index in [9.17, 15) is 4.79 Å². The van der Waals surface area contributed by atoms with Gasteiger partial charge in [-0.1, -0.05) is 6.92 Å². The second-order valence-corrected chi connectivity index (χ2v) is 1.44. The molecule has 0 saturated carbocycles. The van der Waals surface area contributed by atoms with Crippen LogP contribution in [0.15, 0.2) is 0 Å². The number of hydrogen-bond donors (Lipinski definition) is 1. The van der Waals surface area contributed by atoms with Crippen molar-refractivity contribution in [1.29, 1.82) is 0 Å². The average molecular weight is 808 g/mol. The Labute approximate surface area is 98.5 Å². The number of aliphatic carboxylic acids is 1. The molecule has 0 rings (SSSR count). The second kappa shape index (κ2) is 16.8. The molecule has 11 heavy (non-hydrogen) atoms. The zero-order valence-corrected chi connectivity index (χ0v) is 19.8. The summed E-state index contributed by atoms with van der Waals surface area (Å²) in [7, 11) is 0. The number of carboxylic acid groups (broad SMARTS) is 1. The molecule has 1 radical (unpaired) electrons. The van der Waals surface area contributed by atoms with Crippen LogP contribution in [0.5, 0.6) is 0 Å². The number of carbonyl (C=O) groups is 1. The summed E-state index contributed by atoms with van der Waals surface area (Å²) < 4.78 is 0. The van der Waals surface area contributed by atoms with Gasteiger partial charge >= 0.3 is 0 Å². The Morgan fingerprint density at radius 1 is 1.55 bits per heavy atom. The van der Waals surface area contributed by atoms with Crippen molar-refractivity contribution in [2.75, 3.05) is 0 Å².